The van der Waals surface area contributed by atoms with Crippen LogP contribution in [0, 0.1) is 0 Å². The Labute approximate surface area is 107 Å². The summed E-state index contributed by atoms with van der Waals surface area (Å²) in [6.07, 6.45) is 5.52. The quantitative estimate of drug-likeness (QED) is 0.881. The van der Waals surface area contributed by atoms with Gasteiger partial charge in [-0.15, -0.1) is 0 Å². The summed E-state index contributed by atoms with van der Waals surface area (Å²) >= 11 is 0. The molecule has 2 N–H and O–H groups in total. The van der Waals surface area contributed by atoms with Gasteiger partial charge in [0.2, 0.25) is 0 Å². The molecule has 1 aromatic heterocycles. The summed E-state index contributed by atoms with van der Waals surface area (Å²) in [7, 11) is 0. The van der Waals surface area contributed by atoms with Crippen LogP contribution in [-0.2, 0) is 6.42 Å². The molecule has 1 saturated carbocycles. The minimum absolute atomic E-state index is 0.310. The van der Waals surface area contributed by atoms with Crippen LogP contribution in [0.1, 0.15) is 50.0 Å². The van der Waals surface area contributed by atoms with Crippen LogP contribution in [0.15, 0.2) is 22.6 Å². The van der Waals surface area contributed by atoms with Gasteiger partial charge < -0.3 is 10.2 Å². The molecule has 0 radical (unpaired) electrons. The number of rotatable bonds is 2. The third-order valence-electron chi connectivity index (χ3n) is 3.94. The molecule has 18 heavy (non-hydrogen) atoms. The van der Waals surface area contributed by atoms with Crippen molar-refractivity contribution in [2.45, 2.75) is 51.0 Å². The van der Waals surface area contributed by atoms with Gasteiger partial charge in [0.25, 0.3) is 0 Å². The largest absolute Gasteiger partial charge is 0.440 e. The Morgan fingerprint density at radius 3 is 3.06 bits per heavy atom. The van der Waals surface area contributed by atoms with Crippen LogP contribution in [0.4, 0.5) is 0 Å². The van der Waals surface area contributed by atoms with E-state index in [1.807, 2.05) is 6.07 Å². The fourth-order valence-corrected chi connectivity index (χ4v) is 2.84. The number of aromatic nitrogens is 1. The van der Waals surface area contributed by atoms with Crippen molar-refractivity contribution < 1.29 is 4.42 Å². The molecule has 3 rings (SSSR count). The Hall–Kier alpha value is -1.35. The van der Waals surface area contributed by atoms with Gasteiger partial charge in [-0.3, -0.25) is 0 Å². The van der Waals surface area contributed by atoms with Crippen LogP contribution in [0.3, 0.4) is 0 Å². The van der Waals surface area contributed by atoms with Crippen molar-refractivity contribution in [2.75, 3.05) is 0 Å². The standard InChI is InChI=1S/C15H20N2O/c1-2-10-6-7-14-13(8-10)17-15(18-14)11-4-3-5-12(16)9-11/h6-8,11-12H,2-5,9,16H2,1H3. The zero-order valence-corrected chi connectivity index (χ0v) is 10.9. The molecule has 0 saturated heterocycles. The Morgan fingerprint density at radius 1 is 1.39 bits per heavy atom. The predicted octanol–water partition coefficient (Wildman–Crippen LogP) is 3.38. The van der Waals surface area contributed by atoms with Gasteiger partial charge in [-0.1, -0.05) is 19.4 Å². The molecule has 2 aromatic rings. The monoisotopic (exact) mass is 244 g/mol. The lowest BCUT2D eigenvalue weighted by Gasteiger charge is -2.23. The molecule has 0 spiro atoms. The van der Waals surface area contributed by atoms with Gasteiger partial charge in [0.15, 0.2) is 11.5 Å². The highest BCUT2D eigenvalue weighted by atomic mass is 16.3. The molecule has 1 aliphatic carbocycles. The van der Waals surface area contributed by atoms with Gasteiger partial charge in [-0.2, -0.15) is 0 Å². The van der Waals surface area contributed by atoms with Crippen molar-refractivity contribution in [1.82, 2.24) is 4.98 Å². The molecule has 1 aromatic carbocycles. The number of hydrogen-bond acceptors (Lipinski definition) is 3. The highest BCUT2D eigenvalue weighted by Crippen LogP contribution is 2.33. The minimum Gasteiger partial charge on any atom is -0.440 e. The zero-order valence-electron chi connectivity index (χ0n) is 10.9. The van der Waals surface area contributed by atoms with Crippen LogP contribution in [0.25, 0.3) is 11.1 Å². The molecule has 0 bridgehead atoms. The highest BCUT2D eigenvalue weighted by molar-refractivity contribution is 5.73. The van der Waals surface area contributed by atoms with Crippen LogP contribution >= 0.6 is 0 Å². The van der Waals surface area contributed by atoms with E-state index in [0.717, 1.165) is 42.7 Å². The normalized spacial score (nSPS) is 24.6. The molecule has 1 fully saturated rings. The number of benzene rings is 1. The van der Waals surface area contributed by atoms with Crippen molar-refractivity contribution in [3.63, 3.8) is 0 Å². The Bertz CT molecular complexity index is 546. The molecule has 2 atom stereocenters. The van der Waals surface area contributed by atoms with Gasteiger partial charge >= 0.3 is 0 Å². The third kappa shape index (κ3) is 2.15. The molecule has 1 heterocycles. The lowest BCUT2D eigenvalue weighted by atomic mass is 9.86. The summed E-state index contributed by atoms with van der Waals surface area (Å²) in [4.78, 5) is 4.66. The summed E-state index contributed by atoms with van der Waals surface area (Å²) in [5.74, 6) is 1.29. The Morgan fingerprint density at radius 2 is 2.28 bits per heavy atom. The average Bonchev–Trinajstić information content (AvgIpc) is 2.81. The van der Waals surface area contributed by atoms with Crippen LogP contribution in [-0.4, -0.2) is 11.0 Å². The van der Waals surface area contributed by atoms with E-state index in [-0.39, 0.29) is 0 Å². The zero-order chi connectivity index (χ0) is 12.5. The molecule has 0 aliphatic heterocycles. The van der Waals surface area contributed by atoms with E-state index in [2.05, 4.69) is 24.0 Å². The second-order valence-corrected chi connectivity index (χ2v) is 5.33. The first-order valence-corrected chi connectivity index (χ1v) is 6.91. The van der Waals surface area contributed by atoms with Gasteiger partial charge in [0.05, 0.1) is 0 Å². The van der Waals surface area contributed by atoms with Gasteiger partial charge in [-0.25, -0.2) is 4.98 Å². The van der Waals surface area contributed by atoms with Gasteiger partial charge in [0, 0.05) is 12.0 Å². The topological polar surface area (TPSA) is 52.0 Å². The maximum atomic E-state index is 6.03. The van der Waals surface area contributed by atoms with Gasteiger partial charge in [0.1, 0.15) is 5.52 Å². The maximum Gasteiger partial charge on any atom is 0.198 e. The molecule has 1 aliphatic rings. The molecule has 96 valence electrons. The molecule has 3 heteroatoms. The van der Waals surface area contributed by atoms with Crippen LogP contribution in [0.2, 0.25) is 0 Å². The van der Waals surface area contributed by atoms with E-state index >= 15 is 0 Å². The first kappa shape index (κ1) is 11.7. The smallest absolute Gasteiger partial charge is 0.198 e. The Balaban J connectivity index is 1.92. The number of fused-ring (bicyclic) bond motifs is 1. The number of oxazole rings is 1. The van der Waals surface area contributed by atoms with Crippen molar-refractivity contribution >= 4 is 11.1 Å². The van der Waals surface area contributed by atoms with Crippen LogP contribution < -0.4 is 5.73 Å². The van der Waals surface area contributed by atoms with Crippen molar-refractivity contribution in [2.24, 2.45) is 5.73 Å². The SMILES string of the molecule is CCc1ccc2oc(C3CCCC(N)C3)nc2c1. The first-order chi connectivity index (χ1) is 8.76. The Kier molecular flexibility index (Phi) is 3.08. The van der Waals surface area contributed by atoms with E-state index in [0.29, 0.717) is 12.0 Å². The fraction of sp³-hybridized carbons (Fsp3) is 0.533. The molecule has 3 nitrogen and oxygen atoms in total. The summed E-state index contributed by atoms with van der Waals surface area (Å²) in [5, 5.41) is 0. The number of nitrogens with zero attached hydrogens (tertiary/aromatic N) is 1. The van der Waals surface area contributed by atoms with Crippen molar-refractivity contribution in [3.8, 4) is 0 Å². The van der Waals surface area contributed by atoms with E-state index in [1.54, 1.807) is 0 Å². The lowest BCUT2D eigenvalue weighted by molar-refractivity contribution is 0.343. The lowest BCUT2D eigenvalue weighted by Crippen LogP contribution is -2.26. The average molecular weight is 244 g/mol. The number of nitrogens with two attached hydrogens (primary N) is 1. The summed E-state index contributed by atoms with van der Waals surface area (Å²) in [6.45, 7) is 2.16. The fourth-order valence-electron chi connectivity index (χ4n) is 2.84. The van der Waals surface area contributed by atoms with Crippen molar-refractivity contribution in [1.29, 1.82) is 0 Å². The molecular weight excluding hydrogens is 224 g/mol. The van der Waals surface area contributed by atoms with Gasteiger partial charge in [-0.05, 0) is 43.4 Å². The summed E-state index contributed by atoms with van der Waals surface area (Å²) in [5.41, 5.74) is 9.23. The second-order valence-electron chi connectivity index (χ2n) is 5.33. The predicted molar refractivity (Wildman–Crippen MR) is 72.6 cm³/mol. The first-order valence-electron chi connectivity index (χ1n) is 6.91. The van der Waals surface area contributed by atoms with Crippen molar-refractivity contribution in [3.05, 3.63) is 29.7 Å². The maximum absolute atomic E-state index is 6.03. The van der Waals surface area contributed by atoms with E-state index in [9.17, 15) is 0 Å². The minimum atomic E-state index is 0.310. The number of hydrogen-bond donors (Lipinski definition) is 1. The third-order valence-corrected chi connectivity index (χ3v) is 3.94. The van der Waals surface area contributed by atoms with E-state index in [1.165, 1.54) is 12.0 Å². The molecule has 2 unspecified atom stereocenters. The van der Waals surface area contributed by atoms with E-state index < -0.39 is 0 Å². The van der Waals surface area contributed by atoms with Crippen LogP contribution in [0.5, 0.6) is 0 Å². The summed E-state index contributed by atoms with van der Waals surface area (Å²) < 4.78 is 5.89. The molecular formula is C15H20N2O. The second kappa shape index (κ2) is 4.73. The summed E-state index contributed by atoms with van der Waals surface area (Å²) in [6, 6.07) is 6.59. The highest BCUT2D eigenvalue weighted by Gasteiger charge is 2.24. The van der Waals surface area contributed by atoms with E-state index in [4.69, 9.17) is 10.2 Å². The number of aryl methyl sites for hydroxylation is 1. The molecule has 0 amide bonds.